The minimum Gasteiger partial charge on any atom is -0.367 e. The van der Waals surface area contributed by atoms with E-state index in [1.54, 1.807) is 0 Å². The third-order valence-electron chi connectivity index (χ3n) is 6.45. The molecule has 3 amide bonds. The highest BCUT2D eigenvalue weighted by Gasteiger charge is 2.46. The van der Waals surface area contributed by atoms with Gasteiger partial charge in [-0.15, -0.1) is 5.10 Å². The van der Waals surface area contributed by atoms with Gasteiger partial charge in [-0.05, 0) is 54.6 Å². The Morgan fingerprint density at radius 1 is 1.00 bits per heavy atom. The lowest BCUT2D eigenvalue weighted by Gasteiger charge is -2.20. The molecular formula is C28H18F8N6O5S2. The highest BCUT2D eigenvalue weighted by Crippen LogP contribution is 2.33. The zero-order valence-corrected chi connectivity index (χ0v) is 25.7. The molecule has 0 atom stereocenters. The van der Waals surface area contributed by atoms with Crippen molar-refractivity contribution in [2.45, 2.75) is 23.2 Å². The number of urea groups is 1. The monoisotopic (exact) mass is 734 g/mol. The number of ether oxygens (including phenoxy) is 1. The van der Waals surface area contributed by atoms with Crippen LogP contribution in [0, 0.1) is 11.6 Å². The number of thioether (sulfide) groups is 1. The van der Waals surface area contributed by atoms with Gasteiger partial charge in [-0.2, -0.15) is 31.3 Å². The number of nitrogens with zero attached hydrogens (tertiary/aromatic N) is 5. The standard InChI is InChI=1S/C28H18F8N6O5S2/c29-17-3-1-16(11-47-13-27(31,32)33)22(10-17)42-23(43)12-48-26(42)39-25(44)38-21-8-2-15(9-20(21)30)24-37-14-41(40-24)18-4-6-19(7-5-18)49(45,46)28(34,35)36/h1-10,14H,11-13H2,(H,38,44). The van der Waals surface area contributed by atoms with Crippen LogP contribution in [-0.4, -0.2) is 64.3 Å². The maximum atomic E-state index is 15.0. The summed E-state index contributed by atoms with van der Waals surface area (Å²) < 4.78 is 134. The second-order valence-corrected chi connectivity index (χ2v) is 12.8. The lowest BCUT2D eigenvalue weighted by molar-refractivity contribution is -0.176. The van der Waals surface area contributed by atoms with Crippen LogP contribution in [0.25, 0.3) is 17.1 Å². The van der Waals surface area contributed by atoms with Gasteiger partial charge in [0, 0.05) is 11.1 Å². The van der Waals surface area contributed by atoms with Crippen molar-refractivity contribution in [3.05, 3.63) is 84.2 Å². The van der Waals surface area contributed by atoms with Crippen LogP contribution in [-0.2, 0) is 26.0 Å². The predicted molar refractivity (Wildman–Crippen MR) is 159 cm³/mol. The first kappa shape index (κ1) is 35.4. The van der Waals surface area contributed by atoms with Gasteiger partial charge in [-0.1, -0.05) is 17.8 Å². The van der Waals surface area contributed by atoms with E-state index in [4.69, 9.17) is 0 Å². The van der Waals surface area contributed by atoms with Gasteiger partial charge in [0.15, 0.2) is 11.0 Å². The van der Waals surface area contributed by atoms with Crippen LogP contribution in [0.2, 0.25) is 0 Å². The summed E-state index contributed by atoms with van der Waals surface area (Å²) in [5.74, 6) is -2.77. The van der Waals surface area contributed by atoms with Crippen LogP contribution < -0.4 is 10.2 Å². The second kappa shape index (κ2) is 13.6. The Hall–Kier alpha value is -4.89. The number of hydrogen-bond donors (Lipinski definition) is 1. The largest absolute Gasteiger partial charge is 0.501 e. The van der Waals surface area contributed by atoms with Gasteiger partial charge in [0.1, 0.15) is 24.6 Å². The van der Waals surface area contributed by atoms with E-state index in [0.29, 0.717) is 0 Å². The Balaban J connectivity index is 1.30. The Labute approximate surface area is 274 Å². The van der Waals surface area contributed by atoms with Crippen LogP contribution in [0.5, 0.6) is 0 Å². The fourth-order valence-electron chi connectivity index (χ4n) is 4.24. The maximum absolute atomic E-state index is 15.0. The summed E-state index contributed by atoms with van der Waals surface area (Å²) in [5.41, 5.74) is -5.81. The van der Waals surface area contributed by atoms with Crippen LogP contribution in [0.3, 0.4) is 0 Å². The zero-order valence-electron chi connectivity index (χ0n) is 24.1. The van der Waals surface area contributed by atoms with E-state index in [0.717, 1.165) is 82.3 Å². The van der Waals surface area contributed by atoms with E-state index in [2.05, 4.69) is 25.1 Å². The molecule has 1 N–H and O–H groups in total. The van der Waals surface area contributed by atoms with Gasteiger partial charge < -0.3 is 10.1 Å². The highest BCUT2D eigenvalue weighted by atomic mass is 32.2. The summed E-state index contributed by atoms with van der Waals surface area (Å²) in [6, 6.07) is 8.77. The summed E-state index contributed by atoms with van der Waals surface area (Å²) in [7, 11) is -5.56. The molecule has 0 bridgehead atoms. The Kier molecular flexibility index (Phi) is 9.79. The lowest BCUT2D eigenvalue weighted by atomic mass is 10.1. The number of halogens is 8. The predicted octanol–water partition coefficient (Wildman–Crippen LogP) is 6.25. The van der Waals surface area contributed by atoms with Gasteiger partial charge in [-0.25, -0.2) is 31.7 Å². The lowest BCUT2D eigenvalue weighted by Crippen LogP contribution is -2.31. The highest BCUT2D eigenvalue weighted by molar-refractivity contribution is 8.15. The Morgan fingerprint density at radius 2 is 1.71 bits per heavy atom. The second-order valence-electron chi connectivity index (χ2n) is 9.87. The molecule has 0 radical (unpaired) electrons. The van der Waals surface area contributed by atoms with Crippen LogP contribution in [0.4, 0.5) is 51.3 Å². The molecule has 0 spiro atoms. The molecule has 21 heteroatoms. The van der Waals surface area contributed by atoms with Gasteiger partial charge >= 0.3 is 17.7 Å². The topological polar surface area (TPSA) is 136 Å². The number of aromatic nitrogens is 3. The van der Waals surface area contributed by atoms with Crippen molar-refractivity contribution < 1.29 is 57.9 Å². The molecule has 2 heterocycles. The molecule has 0 unspecified atom stereocenters. The number of benzene rings is 3. The Bertz CT molecular complexity index is 2050. The molecule has 0 aliphatic carbocycles. The van der Waals surface area contributed by atoms with Gasteiger partial charge in [0.2, 0.25) is 5.91 Å². The SMILES string of the molecule is O=C(N=C1SCC(=O)N1c1cc(F)ccc1COCC(F)(F)F)Nc1ccc(-c2ncn(-c3ccc(S(=O)(=O)C(F)(F)F)cc3)n2)cc1F. The zero-order chi connectivity index (χ0) is 35.7. The minimum atomic E-state index is -5.56. The van der Waals surface area contributed by atoms with E-state index in [1.807, 2.05) is 0 Å². The summed E-state index contributed by atoms with van der Waals surface area (Å²) in [6.45, 7) is -2.25. The average molecular weight is 735 g/mol. The van der Waals surface area contributed by atoms with Crippen molar-refractivity contribution in [1.82, 2.24) is 14.8 Å². The quantitative estimate of drug-likeness (QED) is 0.210. The third-order valence-corrected chi connectivity index (χ3v) is 8.88. The minimum absolute atomic E-state index is 0.00120. The fraction of sp³-hybridized carbons (Fsp3) is 0.179. The number of carbonyl (C=O) groups is 2. The van der Waals surface area contributed by atoms with Crippen molar-refractivity contribution in [2.24, 2.45) is 4.99 Å². The fourth-order valence-corrected chi connectivity index (χ4v) is 5.86. The molecule has 1 aliphatic rings. The molecule has 1 saturated heterocycles. The first-order valence-electron chi connectivity index (χ1n) is 13.3. The number of sulfone groups is 1. The Morgan fingerprint density at radius 3 is 2.37 bits per heavy atom. The molecule has 11 nitrogen and oxygen atoms in total. The summed E-state index contributed by atoms with van der Waals surface area (Å²) >= 11 is 0.772. The molecule has 1 fully saturated rings. The number of anilines is 2. The van der Waals surface area contributed by atoms with Crippen molar-refractivity contribution in [2.75, 3.05) is 22.6 Å². The normalized spacial score (nSPS) is 14.9. The molecular weight excluding hydrogens is 716 g/mol. The maximum Gasteiger partial charge on any atom is 0.501 e. The van der Waals surface area contributed by atoms with E-state index in [-0.39, 0.29) is 44.9 Å². The van der Waals surface area contributed by atoms with E-state index < -0.39 is 63.2 Å². The number of hydrogen-bond acceptors (Lipinski definition) is 8. The first-order chi connectivity index (χ1) is 22.9. The number of carbonyl (C=O) groups excluding carboxylic acids is 2. The van der Waals surface area contributed by atoms with E-state index in [1.165, 1.54) is 6.07 Å². The van der Waals surface area contributed by atoms with Gasteiger partial charge in [-0.3, -0.25) is 9.69 Å². The first-order valence-corrected chi connectivity index (χ1v) is 15.8. The molecule has 258 valence electrons. The summed E-state index contributed by atoms with van der Waals surface area (Å²) in [6.07, 6.45) is -3.49. The van der Waals surface area contributed by atoms with E-state index >= 15 is 4.39 Å². The van der Waals surface area contributed by atoms with E-state index in [9.17, 15) is 48.7 Å². The number of amides is 3. The number of aliphatic imine (C=N–C) groups is 1. The van der Waals surface area contributed by atoms with Crippen molar-refractivity contribution in [3.63, 3.8) is 0 Å². The number of nitrogens with one attached hydrogen (secondary N) is 1. The van der Waals surface area contributed by atoms with Crippen molar-refractivity contribution >= 4 is 50.1 Å². The number of rotatable bonds is 8. The summed E-state index contributed by atoms with van der Waals surface area (Å²) in [4.78, 5) is 33.0. The number of amidine groups is 1. The molecule has 3 aromatic carbocycles. The summed E-state index contributed by atoms with van der Waals surface area (Å²) in [5, 5.41) is 6.03. The molecule has 4 aromatic rings. The smallest absolute Gasteiger partial charge is 0.367 e. The molecule has 49 heavy (non-hydrogen) atoms. The average Bonchev–Trinajstić information content (AvgIpc) is 3.65. The van der Waals surface area contributed by atoms with Gasteiger partial charge in [0.05, 0.1) is 34.3 Å². The molecule has 5 rings (SSSR count). The molecule has 1 aromatic heterocycles. The van der Waals surface area contributed by atoms with Crippen molar-refractivity contribution in [1.29, 1.82) is 0 Å². The van der Waals surface area contributed by atoms with Crippen LogP contribution in [0.15, 0.2) is 76.9 Å². The third kappa shape index (κ3) is 8.05. The van der Waals surface area contributed by atoms with Gasteiger partial charge in [0.25, 0.3) is 9.84 Å². The van der Waals surface area contributed by atoms with Crippen LogP contribution in [0.1, 0.15) is 5.56 Å². The molecule has 1 aliphatic heterocycles. The number of alkyl halides is 6. The van der Waals surface area contributed by atoms with Crippen LogP contribution >= 0.6 is 11.8 Å². The molecule has 0 saturated carbocycles. The van der Waals surface area contributed by atoms with Crippen molar-refractivity contribution in [3.8, 4) is 17.1 Å².